The average molecular weight is 268 g/mol. The summed E-state index contributed by atoms with van der Waals surface area (Å²) in [6.45, 7) is 3.52. The van der Waals surface area contributed by atoms with Crippen LogP contribution in [0.3, 0.4) is 0 Å². The monoisotopic (exact) mass is 268 g/mol. The van der Waals surface area contributed by atoms with Crippen LogP contribution in [0, 0.1) is 5.92 Å². The standard InChI is InChI=1S/C14H24N2O3/c1-2-15-13(18)11-9-16(10-11)12(17)8-14(19)6-4-3-5-7-14/h11,19H,2-10H2,1H3,(H,15,18). The largest absolute Gasteiger partial charge is 0.389 e. The molecular formula is C14H24N2O3. The summed E-state index contributed by atoms with van der Waals surface area (Å²) in [6.07, 6.45) is 4.84. The fourth-order valence-corrected chi connectivity index (χ4v) is 2.95. The van der Waals surface area contributed by atoms with E-state index in [1.54, 1.807) is 4.90 Å². The van der Waals surface area contributed by atoms with Gasteiger partial charge in [0, 0.05) is 19.6 Å². The zero-order valence-electron chi connectivity index (χ0n) is 11.7. The van der Waals surface area contributed by atoms with Crippen molar-refractivity contribution in [2.45, 2.75) is 51.0 Å². The van der Waals surface area contributed by atoms with Gasteiger partial charge in [0.25, 0.3) is 0 Å². The fourth-order valence-electron chi connectivity index (χ4n) is 2.95. The van der Waals surface area contributed by atoms with E-state index in [0.29, 0.717) is 19.6 Å². The summed E-state index contributed by atoms with van der Waals surface area (Å²) >= 11 is 0. The van der Waals surface area contributed by atoms with E-state index in [4.69, 9.17) is 0 Å². The molecule has 108 valence electrons. The molecule has 0 bridgehead atoms. The summed E-state index contributed by atoms with van der Waals surface area (Å²) in [5, 5.41) is 13.1. The van der Waals surface area contributed by atoms with Gasteiger partial charge in [0.15, 0.2) is 0 Å². The second-order valence-electron chi connectivity index (χ2n) is 5.85. The molecule has 0 unspecified atom stereocenters. The van der Waals surface area contributed by atoms with Crippen molar-refractivity contribution < 1.29 is 14.7 Å². The van der Waals surface area contributed by atoms with Gasteiger partial charge in [0.05, 0.1) is 17.9 Å². The number of carbonyl (C=O) groups is 2. The van der Waals surface area contributed by atoms with E-state index >= 15 is 0 Å². The molecule has 1 saturated carbocycles. The van der Waals surface area contributed by atoms with Gasteiger partial charge in [-0.25, -0.2) is 0 Å². The van der Waals surface area contributed by atoms with Crippen molar-refractivity contribution >= 4 is 11.8 Å². The van der Waals surface area contributed by atoms with Gasteiger partial charge in [-0.15, -0.1) is 0 Å². The van der Waals surface area contributed by atoms with E-state index in [2.05, 4.69) is 5.32 Å². The number of amides is 2. The number of nitrogens with zero attached hydrogens (tertiary/aromatic N) is 1. The van der Waals surface area contributed by atoms with E-state index in [1.165, 1.54) is 0 Å². The van der Waals surface area contributed by atoms with E-state index in [1.807, 2.05) is 6.92 Å². The summed E-state index contributed by atoms with van der Waals surface area (Å²) in [5.41, 5.74) is -0.800. The van der Waals surface area contributed by atoms with Crippen LogP contribution in [0.25, 0.3) is 0 Å². The first-order valence-corrected chi connectivity index (χ1v) is 7.32. The highest BCUT2D eigenvalue weighted by Gasteiger charge is 2.39. The first-order chi connectivity index (χ1) is 9.04. The van der Waals surface area contributed by atoms with Crippen LogP contribution in [-0.4, -0.2) is 47.1 Å². The molecule has 1 heterocycles. The topological polar surface area (TPSA) is 69.6 Å². The average Bonchev–Trinajstić information content (AvgIpc) is 2.27. The third-order valence-corrected chi connectivity index (χ3v) is 4.22. The highest BCUT2D eigenvalue weighted by Crippen LogP contribution is 2.32. The highest BCUT2D eigenvalue weighted by molar-refractivity contribution is 5.84. The number of hydrogen-bond donors (Lipinski definition) is 2. The van der Waals surface area contributed by atoms with Gasteiger partial charge in [0.2, 0.25) is 11.8 Å². The van der Waals surface area contributed by atoms with Gasteiger partial charge in [-0.1, -0.05) is 19.3 Å². The first-order valence-electron chi connectivity index (χ1n) is 7.32. The lowest BCUT2D eigenvalue weighted by Gasteiger charge is -2.40. The molecule has 0 aromatic rings. The maximum absolute atomic E-state index is 12.1. The van der Waals surface area contributed by atoms with Crippen molar-refractivity contribution in [2.24, 2.45) is 5.92 Å². The van der Waals surface area contributed by atoms with E-state index in [9.17, 15) is 14.7 Å². The number of carbonyl (C=O) groups excluding carboxylic acids is 2. The lowest BCUT2D eigenvalue weighted by molar-refractivity contribution is -0.147. The van der Waals surface area contributed by atoms with Crippen molar-refractivity contribution in [2.75, 3.05) is 19.6 Å². The van der Waals surface area contributed by atoms with E-state index in [-0.39, 0.29) is 24.2 Å². The maximum Gasteiger partial charge on any atom is 0.226 e. The predicted octanol–water partition coefficient (Wildman–Crippen LogP) is 0.666. The molecule has 2 fully saturated rings. The van der Waals surface area contributed by atoms with Crippen molar-refractivity contribution in [1.29, 1.82) is 0 Å². The number of nitrogens with one attached hydrogen (secondary N) is 1. The van der Waals surface area contributed by atoms with Gasteiger partial charge in [-0.05, 0) is 19.8 Å². The Kier molecular flexibility index (Phi) is 4.45. The molecule has 0 radical (unpaired) electrons. The second kappa shape index (κ2) is 5.90. The number of hydrogen-bond acceptors (Lipinski definition) is 3. The van der Waals surface area contributed by atoms with Crippen molar-refractivity contribution in [3.05, 3.63) is 0 Å². The molecule has 0 aromatic heterocycles. The molecule has 1 aliphatic heterocycles. The van der Waals surface area contributed by atoms with Crippen LogP contribution in [0.15, 0.2) is 0 Å². The Balaban J connectivity index is 1.75. The molecule has 0 spiro atoms. The predicted molar refractivity (Wildman–Crippen MR) is 71.4 cm³/mol. The van der Waals surface area contributed by atoms with Gasteiger partial charge in [0.1, 0.15) is 0 Å². The van der Waals surface area contributed by atoms with E-state index in [0.717, 1.165) is 32.1 Å². The summed E-state index contributed by atoms with van der Waals surface area (Å²) in [5.74, 6) is -0.0437. The molecule has 2 N–H and O–H groups in total. The zero-order valence-corrected chi connectivity index (χ0v) is 11.7. The highest BCUT2D eigenvalue weighted by atomic mass is 16.3. The summed E-state index contributed by atoms with van der Waals surface area (Å²) < 4.78 is 0. The quantitative estimate of drug-likeness (QED) is 0.787. The molecule has 19 heavy (non-hydrogen) atoms. The third-order valence-electron chi connectivity index (χ3n) is 4.22. The number of rotatable bonds is 4. The van der Waals surface area contributed by atoms with Crippen LogP contribution in [0.1, 0.15) is 45.4 Å². The van der Waals surface area contributed by atoms with Gasteiger partial charge >= 0.3 is 0 Å². The Morgan fingerprint density at radius 3 is 2.47 bits per heavy atom. The summed E-state index contributed by atoms with van der Waals surface area (Å²) in [7, 11) is 0. The Hall–Kier alpha value is -1.10. The number of likely N-dealkylation sites (tertiary alicyclic amines) is 1. The minimum atomic E-state index is -0.800. The van der Waals surface area contributed by atoms with Crippen molar-refractivity contribution in [1.82, 2.24) is 10.2 Å². The van der Waals surface area contributed by atoms with Crippen LogP contribution in [0.5, 0.6) is 0 Å². The molecule has 1 saturated heterocycles. The normalized spacial score (nSPS) is 22.7. The molecular weight excluding hydrogens is 244 g/mol. The minimum Gasteiger partial charge on any atom is -0.389 e. The lowest BCUT2D eigenvalue weighted by Crippen LogP contribution is -2.56. The van der Waals surface area contributed by atoms with Crippen LogP contribution in [0.4, 0.5) is 0 Å². The molecule has 5 nitrogen and oxygen atoms in total. The maximum atomic E-state index is 12.1. The molecule has 5 heteroatoms. The van der Waals surface area contributed by atoms with Crippen LogP contribution in [-0.2, 0) is 9.59 Å². The van der Waals surface area contributed by atoms with Gasteiger partial charge in [-0.3, -0.25) is 9.59 Å². The SMILES string of the molecule is CCNC(=O)C1CN(C(=O)CC2(O)CCCCC2)C1. The lowest BCUT2D eigenvalue weighted by atomic mass is 9.81. The molecule has 0 aromatic carbocycles. The third kappa shape index (κ3) is 3.47. The smallest absolute Gasteiger partial charge is 0.226 e. The fraction of sp³-hybridized carbons (Fsp3) is 0.857. The van der Waals surface area contributed by atoms with Crippen LogP contribution >= 0.6 is 0 Å². The Morgan fingerprint density at radius 1 is 1.26 bits per heavy atom. The van der Waals surface area contributed by atoms with Crippen LogP contribution < -0.4 is 5.32 Å². The first kappa shape index (κ1) is 14.3. The molecule has 2 amide bonds. The van der Waals surface area contributed by atoms with Crippen LogP contribution in [0.2, 0.25) is 0 Å². The van der Waals surface area contributed by atoms with E-state index < -0.39 is 5.60 Å². The van der Waals surface area contributed by atoms with Crippen molar-refractivity contribution in [3.63, 3.8) is 0 Å². The Labute approximate surface area is 114 Å². The Morgan fingerprint density at radius 2 is 1.89 bits per heavy atom. The van der Waals surface area contributed by atoms with Gasteiger partial charge < -0.3 is 15.3 Å². The minimum absolute atomic E-state index is 0.00931. The zero-order chi connectivity index (χ0) is 13.9. The number of aliphatic hydroxyl groups is 1. The van der Waals surface area contributed by atoms with Crippen molar-refractivity contribution in [3.8, 4) is 0 Å². The van der Waals surface area contributed by atoms with Gasteiger partial charge in [-0.2, -0.15) is 0 Å². The second-order valence-corrected chi connectivity index (χ2v) is 5.85. The Bertz CT molecular complexity index is 345. The molecule has 2 rings (SSSR count). The summed E-state index contributed by atoms with van der Waals surface area (Å²) in [6, 6.07) is 0. The molecule has 2 aliphatic rings. The molecule has 0 atom stereocenters. The summed E-state index contributed by atoms with van der Waals surface area (Å²) in [4.78, 5) is 25.3. The molecule has 1 aliphatic carbocycles.